The van der Waals surface area contributed by atoms with Crippen molar-refractivity contribution in [3.05, 3.63) is 108 Å². The van der Waals surface area contributed by atoms with Crippen LogP contribution >= 0.6 is 0 Å². The average Bonchev–Trinajstić information content (AvgIpc) is 3.31. The van der Waals surface area contributed by atoms with Gasteiger partial charge in [0.15, 0.2) is 11.5 Å². The van der Waals surface area contributed by atoms with E-state index in [0.29, 0.717) is 24.7 Å². The number of aromatic nitrogens is 2. The number of benzene rings is 2. The van der Waals surface area contributed by atoms with Crippen molar-refractivity contribution in [1.29, 1.82) is 0 Å². The summed E-state index contributed by atoms with van der Waals surface area (Å²) >= 11 is 0. The van der Waals surface area contributed by atoms with E-state index < -0.39 is 0 Å². The van der Waals surface area contributed by atoms with Gasteiger partial charge in [-0.15, -0.1) is 10.2 Å². The molecule has 0 unspecified atom stereocenters. The first-order valence-corrected chi connectivity index (χ1v) is 9.30. The molecule has 144 valence electrons. The lowest BCUT2D eigenvalue weighted by Gasteiger charge is -2.23. The minimum atomic E-state index is -0.297. The molecule has 0 bridgehead atoms. The van der Waals surface area contributed by atoms with Crippen LogP contribution in [0, 0.1) is 0 Å². The maximum absolute atomic E-state index is 12.3. The molecule has 0 aliphatic carbocycles. The Balaban J connectivity index is 1.52. The number of rotatable bonds is 7. The smallest absolute Gasteiger partial charge is 0.272 e. The van der Waals surface area contributed by atoms with Gasteiger partial charge in [-0.25, -0.2) is 0 Å². The summed E-state index contributed by atoms with van der Waals surface area (Å²) in [6.07, 6.45) is 1.57. The van der Waals surface area contributed by atoms with Crippen LogP contribution in [0.1, 0.15) is 21.8 Å². The highest BCUT2D eigenvalue weighted by molar-refractivity contribution is 5.92. The Morgan fingerprint density at radius 2 is 1.62 bits per heavy atom. The SMILES string of the molecule is O=C(NCc1ccco1)c1ccc(N(Cc2ccccc2)c2ccccc2)nn1. The highest BCUT2D eigenvalue weighted by Gasteiger charge is 2.14. The Morgan fingerprint density at radius 3 is 2.28 bits per heavy atom. The van der Waals surface area contributed by atoms with Gasteiger partial charge >= 0.3 is 0 Å². The predicted molar refractivity (Wildman–Crippen MR) is 111 cm³/mol. The Morgan fingerprint density at radius 1 is 0.862 bits per heavy atom. The zero-order valence-corrected chi connectivity index (χ0v) is 15.7. The Bertz CT molecular complexity index is 1030. The molecular formula is C23H20N4O2. The standard InChI is InChI=1S/C23H20N4O2/c28-23(24-16-20-12-7-15-29-20)21-13-14-22(26-25-21)27(19-10-5-2-6-11-19)17-18-8-3-1-4-9-18/h1-15H,16-17H2,(H,24,28). The van der Waals surface area contributed by atoms with Crippen molar-refractivity contribution in [1.82, 2.24) is 15.5 Å². The van der Waals surface area contributed by atoms with Crippen LogP contribution in [0.2, 0.25) is 0 Å². The van der Waals surface area contributed by atoms with Crippen LogP contribution in [-0.2, 0) is 13.1 Å². The third-order valence-corrected chi connectivity index (χ3v) is 4.41. The van der Waals surface area contributed by atoms with Crippen molar-refractivity contribution < 1.29 is 9.21 Å². The van der Waals surface area contributed by atoms with Crippen molar-refractivity contribution in [2.45, 2.75) is 13.1 Å². The molecule has 1 N–H and O–H groups in total. The summed E-state index contributed by atoms with van der Waals surface area (Å²) in [4.78, 5) is 14.4. The summed E-state index contributed by atoms with van der Waals surface area (Å²) in [5, 5.41) is 11.2. The van der Waals surface area contributed by atoms with Crippen LogP contribution < -0.4 is 10.2 Å². The van der Waals surface area contributed by atoms with Crippen LogP contribution in [-0.4, -0.2) is 16.1 Å². The van der Waals surface area contributed by atoms with E-state index in [9.17, 15) is 4.79 Å². The molecule has 2 aromatic heterocycles. The fourth-order valence-corrected chi connectivity index (χ4v) is 2.94. The molecule has 0 aliphatic rings. The molecule has 6 heteroatoms. The first-order chi connectivity index (χ1) is 14.3. The fraction of sp³-hybridized carbons (Fsp3) is 0.0870. The van der Waals surface area contributed by atoms with E-state index in [1.54, 1.807) is 24.5 Å². The van der Waals surface area contributed by atoms with E-state index in [1.807, 2.05) is 54.6 Å². The van der Waals surface area contributed by atoms with Gasteiger partial charge in [-0.3, -0.25) is 4.79 Å². The minimum absolute atomic E-state index is 0.257. The molecule has 0 aliphatic heterocycles. The molecule has 2 heterocycles. The lowest BCUT2D eigenvalue weighted by Crippen LogP contribution is -2.24. The molecule has 1 amide bonds. The Hall–Kier alpha value is -3.93. The van der Waals surface area contributed by atoms with Crippen molar-refractivity contribution in [2.75, 3.05) is 4.90 Å². The highest BCUT2D eigenvalue weighted by Crippen LogP contribution is 2.25. The number of furan rings is 1. The number of hydrogen-bond acceptors (Lipinski definition) is 5. The third kappa shape index (κ3) is 4.68. The molecule has 4 rings (SSSR count). The molecule has 0 saturated heterocycles. The Labute approximate surface area is 168 Å². The van der Waals surface area contributed by atoms with Crippen LogP contribution in [0.4, 0.5) is 11.5 Å². The lowest BCUT2D eigenvalue weighted by molar-refractivity contribution is 0.0942. The van der Waals surface area contributed by atoms with Crippen LogP contribution in [0.5, 0.6) is 0 Å². The molecular weight excluding hydrogens is 364 g/mol. The third-order valence-electron chi connectivity index (χ3n) is 4.41. The van der Waals surface area contributed by atoms with E-state index in [4.69, 9.17) is 4.42 Å². The first kappa shape index (κ1) is 18.4. The molecule has 29 heavy (non-hydrogen) atoms. The number of para-hydroxylation sites is 1. The lowest BCUT2D eigenvalue weighted by atomic mass is 10.2. The van der Waals surface area contributed by atoms with E-state index >= 15 is 0 Å². The predicted octanol–water partition coefficient (Wildman–Crippen LogP) is 4.34. The van der Waals surface area contributed by atoms with E-state index in [0.717, 1.165) is 11.3 Å². The maximum atomic E-state index is 12.3. The summed E-state index contributed by atoms with van der Waals surface area (Å²) in [7, 11) is 0. The summed E-state index contributed by atoms with van der Waals surface area (Å²) in [5.41, 5.74) is 2.41. The van der Waals surface area contributed by atoms with E-state index in [2.05, 4.69) is 32.5 Å². The van der Waals surface area contributed by atoms with Gasteiger partial charge in [-0.2, -0.15) is 0 Å². The van der Waals surface area contributed by atoms with Crippen LogP contribution in [0.3, 0.4) is 0 Å². The monoisotopic (exact) mass is 384 g/mol. The van der Waals surface area contributed by atoms with Crippen LogP contribution in [0.25, 0.3) is 0 Å². The number of hydrogen-bond donors (Lipinski definition) is 1. The number of amides is 1. The second-order valence-electron chi connectivity index (χ2n) is 6.45. The maximum Gasteiger partial charge on any atom is 0.272 e. The van der Waals surface area contributed by atoms with Gasteiger partial charge in [0.05, 0.1) is 12.8 Å². The number of anilines is 2. The van der Waals surface area contributed by atoms with Gasteiger partial charge in [0.1, 0.15) is 5.76 Å². The van der Waals surface area contributed by atoms with Gasteiger partial charge in [0.2, 0.25) is 0 Å². The van der Waals surface area contributed by atoms with Gasteiger partial charge in [0.25, 0.3) is 5.91 Å². The number of nitrogens with zero attached hydrogens (tertiary/aromatic N) is 3. The fourth-order valence-electron chi connectivity index (χ4n) is 2.94. The summed E-state index contributed by atoms with van der Waals surface area (Å²) in [6, 6.07) is 27.2. The minimum Gasteiger partial charge on any atom is -0.467 e. The molecule has 0 atom stereocenters. The normalized spacial score (nSPS) is 10.5. The summed E-state index contributed by atoms with van der Waals surface area (Å²) in [5.74, 6) is 1.05. The zero-order valence-electron chi connectivity index (χ0n) is 15.7. The zero-order chi connectivity index (χ0) is 19.9. The van der Waals surface area contributed by atoms with Gasteiger partial charge in [-0.1, -0.05) is 48.5 Å². The van der Waals surface area contributed by atoms with E-state index in [1.165, 1.54) is 0 Å². The van der Waals surface area contributed by atoms with Gasteiger partial charge in [-0.05, 0) is 42.0 Å². The quantitative estimate of drug-likeness (QED) is 0.513. The largest absolute Gasteiger partial charge is 0.467 e. The highest BCUT2D eigenvalue weighted by atomic mass is 16.3. The van der Waals surface area contributed by atoms with Gasteiger partial charge in [0, 0.05) is 12.2 Å². The topological polar surface area (TPSA) is 71.3 Å². The summed E-state index contributed by atoms with van der Waals surface area (Å²) in [6.45, 7) is 0.947. The van der Waals surface area contributed by atoms with E-state index in [-0.39, 0.29) is 11.6 Å². The molecule has 0 saturated carbocycles. The average molecular weight is 384 g/mol. The number of carbonyl (C=O) groups is 1. The van der Waals surface area contributed by atoms with Crippen LogP contribution in [0.15, 0.2) is 95.6 Å². The number of nitrogens with one attached hydrogen (secondary N) is 1. The Kier molecular flexibility index (Phi) is 5.62. The number of carbonyl (C=O) groups excluding carboxylic acids is 1. The van der Waals surface area contributed by atoms with Crippen molar-refractivity contribution in [3.63, 3.8) is 0 Å². The van der Waals surface area contributed by atoms with Gasteiger partial charge < -0.3 is 14.6 Å². The molecule has 4 aromatic rings. The van der Waals surface area contributed by atoms with Crippen molar-refractivity contribution in [3.8, 4) is 0 Å². The van der Waals surface area contributed by atoms with Crippen molar-refractivity contribution in [2.24, 2.45) is 0 Å². The molecule has 6 nitrogen and oxygen atoms in total. The summed E-state index contributed by atoms with van der Waals surface area (Å²) < 4.78 is 5.22. The molecule has 0 spiro atoms. The second-order valence-corrected chi connectivity index (χ2v) is 6.45. The van der Waals surface area contributed by atoms with Crippen molar-refractivity contribution >= 4 is 17.4 Å². The molecule has 0 fully saturated rings. The second kappa shape index (κ2) is 8.84. The molecule has 2 aromatic carbocycles. The first-order valence-electron chi connectivity index (χ1n) is 9.30. The molecule has 0 radical (unpaired) electrons.